The van der Waals surface area contributed by atoms with Gasteiger partial charge in [-0.3, -0.25) is 4.79 Å². The van der Waals surface area contributed by atoms with E-state index in [0.29, 0.717) is 34.7 Å². The summed E-state index contributed by atoms with van der Waals surface area (Å²) in [6.07, 6.45) is 1.56. The highest BCUT2D eigenvalue weighted by Gasteiger charge is 2.24. The smallest absolute Gasteiger partial charge is 0.363 e. The number of ether oxygens (including phenoxy) is 3. The number of nitrogens with one attached hydrogen (secondary N) is 1. The predicted octanol–water partition coefficient (Wildman–Crippen LogP) is 4.61. The second-order valence-corrected chi connectivity index (χ2v) is 7.49. The number of aliphatic imine (C=N–C) groups is 1. The molecule has 0 bridgehead atoms. The van der Waals surface area contributed by atoms with Gasteiger partial charge in [0.05, 0.1) is 12.2 Å². The lowest BCUT2D eigenvalue weighted by molar-refractivity contribution is -0.129. The third-order valence-electron chi connectivity index (χ3n) is 4.86. The van der Waals surface area contributed by atoms with E-state index >= 15 is 0 Å². The number of hydrogen-bond acceptors (Lipinski definition) is 7. The summed E-state index contributed by atoms with van der Waals surface area (Å²) in [5.74, 6) is -0.497. The first-order valence-corrected chi connectivity index (χ1v) is 10.9. The third-order valence-corrected chi connectivity index (χ3v) is 4.86. The molecule has 0 saturated heterocycles. The second kappa shape index (κ2) is 10.5. The van der Waals surface area contributed by atoms with Crippen molar-refractivity contribution in [1.82, 2.24) is 0 Å². The van der Waals surface area contributed by atoms with Crippen molar-refractivity contribution in [3.05, 3.63) is 95.2 Å². The van der Waals surface area contributed by atoms with Crippen molar-refractivity contribution in [3.8, 4) is 11.5 Å². The number of carbonyl (C=O) groups excluding carboxylic acids is 3. The van der Waals surface area contributed by atoms with Crippen molar-refractivity contribution in [2.24, 2.45) is 4.99 Å². The maximum atomic E-state index is 12.4. The fraction of sp³-hybridized carbons (Fsp3) is 0.111. The van der Waals surface area contributed by atoms with E-state index in [1.54, 1.807) is 72.8 Å². The van der Waals surface area contributed by atoms with Crippen LogP contribution in [0.15, 0.2) is 83.5 Å². The van der Waals surface area contributed by atoms with E-state index in [9.17, 15) is 14.4 Å². The molecule has 0 radical (unpaired) electrons. The lowest BCUT2D eigenvalue weighted by atomic mass is 10.1. The van der Waals surface area contributed by atoms with Crippen LogP contribution in [0.3, 0.4) is 0 Å². The summed E-state index contributed by atoms with van der Waals surface area (Å²) in [5, 5.41) is 2.67. The summed E-state index contributed by atoms with van der Waals surface area (Å²) < 4.78 is 16.5. The zero-order chi connectivity index (χ0) is 24.8. The Morgan fingerprint density at radius 2 is 1.74 bits per heavy atom. The van der Waals surface area contributed by atoms with E-state index in [1.807, 2.05) is 13.0 Å². The van der Waals surface area contributed by atoms with Crippen LogP contribution in [0.1, 0.15) is 35.3 Å². The maximum Gasteiger partial charge on any atom is 0.363 e. The zero-order valence-electron chi connectivity index (χ0n) is 19.1. The maximum absolute atomic E-state index is 12.4. The van der Waals surface area contributed by atoms with Crippen molar-refractivity contribution >= 4 is 35.5 Å². The minimum atomic E-state index is -0.594. The highest BCUT2D eigenvalue weighted by molar-refractivity contribution is 6.13. The summed E-state index contributed by atoms with van der Waals surface area (Å²) in [6, 6.07) is 20.4. The van der Waals surface area contributed by atoms with Crippen molar-refractivity contribution in [3.63, 3.8) is 0 Å². The molecule has 35 heavy (non-hydrogen) atoms. The third kappa shape index (κ3) is 5.80. The molecular formula is C27H22N2O6. The van der Waals surface area contributed by atoms with Crippen molar-refractivity contribution < 1.29 is 28.6 Å². The van der Waals surface area contributed by atoms with Gasteiger partial charge in [-0.15, -0.1) is 0 Å². The number of rotatable bonds is 7. The molecule has 0 aliphatic carbocycles. The van der Waals surface area contributed by atoms with E-state index in [4.69, 9.17) is 14.2 Å². The summed E-state index contributed by atoms with van der Waals surface area (Å²) >= 11 is 0. The van der Waals surface area contributed by atoms with Gasteiger partial charge in [-0.2, -0.15) is 0 Å². The van der Waals surface area contributed by atoms with E-state index in [2.05, 4.69) is 10.3 Å². The first kappa shape index (κ1) is 23.4. The molecule has 8 nitrogen and oxygen atoms in total. The second-order valence-electron chi connectivity index (χ2n) is 7.49. The minimum absolute atomic E-state index is 0.113. The minimum Gasteiger partial charge on any atom is -0.490 e. The number of amides is 1. The number of carbonyl (C=O) groups is 3. The molecule has 1 aliphatic heterocycles. The molecule has 0 fully saturated rings. The summed E-state index contributed by atoms with van der Waals surface area (Å²) in [7, 11) is 0. The average molecular weight is 470 g/mol. The molecule has 0 saturated carbocycles. The van der Waals surface area contributed by atoms with E-state index < -0.39 is 11.9 Å². The molecule has 176 valence electrons. The Bertz CT molecular complexity index is 1330. The van der Waals surface area contributed by atoms with Crippen LogP contribution in [0, 0.1) is 0 Å². The Labute approximate surface area is 201 Å². The van der Waals surface area contributed by atoms with Gasteiger partial charge in [0, 0.05) is 18.2 Å². The summed E-state index contributed by atoms with van der Waals surface area (Å²) in [4.78, 5) is 40.3. The van der Waals surface area contributed by atoms with Crippen LogP contribution in [0.2, 0.25) is 0 Å². The van der Waals surface area contributed by atoms with Crippen LogP contribution in [0.4, 0.5) is 5.69 Å². The van der Waals surface area contributed by atoms with Gasteiger partial charge in [0.1, 0.15) is 0 Å². The lowest BCUT2D eigenvalue weighted by Gasteiger charge is -2.11. The van der Waals surface area contributed by atoms with Crippen LogP contribution in [0.5, 0.6) is 11.5 Å². The molecule has 1 aliphatic rings. The molecule has 4 rings (SSSR count). The normalized spacial score (nSPS) is 13.7. The number of benzene rings is 3. The average Bonchev–Trinajstić information content (AvgIpc) is 3.21. The Kier molecular flexibility index (Phi) is 7.02. The first-order valence-electron chi connectivity index (χ1n) is 10.9. The van der Waals surface area contributed by atoms with Gasteiger partial charge in [0.2, 0.25) is 11.8 Å². The Balaban J connectivity index is 1.55. The zero-order valence-corrected chi connectivity index (χ0v) is 19.1. The molecule has 1 N–H and O–H groups in total. The monoisotopic (exact) mass is 470 g/mol. The van der Waals surface area contributed by atoms with Crippen LogP contribution in [0.25, 0.3) is 6.08 Å². The van der Waals surface area contributed by atoms with Crippen LogP contribution in [-0.2, 0) is 14.3 Å². The van der Waals surface area contributed by atoms with Gasteiger partial charge in [0.25, 0.3) is 0 Å². The largest absolute Gasteiger partial charge is 0.490 e. The van der Waals surface area contributed by atoms with Gasteiger partial charge < -0.3 is 19.5 Å². The predicted molar refractivity (Wildman–Crippen MR) is 130 cm³/mol. The van der Waals surface area contributed by atoms with Gasteiger partial charge >= 0.3 is 11.9 Å². The highest BCUT2D eigenvalue weighted by atomic mass is 16.6. The molecule has 8 heteroatoms. The molecule has 1 amide bonds. The number of esters is 2. The van der Waals surface area contributed by atoms with Gasteiger partial charge in [-0.1, -0.05) is 24.3 Å². The van der Waals surface area contributed by atoms with E-state index in [0.717, 1.165) is 0 Å². The molecule has 0 aromatic heterocycles. The van der Waals surface area contributed by atoms with Crippen molar-refractivity contribution in [1.29, 1.82) is 0 Å². The number of nitrogens with zero attached hydrogens (tertiary/aromatic N) is 1. The number of hydrogen-bond donors (Lipinski definition) is 1. The van der Waals surface area contributed by atoms with Crippen LogP contribution >= 0.6 is 0 Å². The highest BCUT2D eigenvalue weighted by Crippen LogP contribution is 2.31. The number of anilines is 1. The molecule has 0 unspecified atom stereocenters. The topological polar surface area (TPSA) is 103 Å². The SMILES string of the molecule is CCOc1cc(/C=C2\N=C(c3ccc(NC(C)=O)cc3)OC2=O)ccc1OC(=O)c1ccccc1. The van der Waals surface area contributed by atoms with Gasteiger partial charge in [-0.25, -0.2) is 14.6 Å². The van der Waals surface area contributed by atoms with Crippen LogP contribution in [-0.4, -0.2) is 30.4 Å². The Hall–Kier alpha value is -4.72. The fourth-order valence-corrected chi connectivity index (χ4v) is 3.29. The lowest BCUT2D eigenvalue weighted by Crippen LogP contribution is -2.09. The summed E-state index contributed by atoms with van der Waals surface area (Å²) in [5.41, 5.74) is 2.36. The fourth-order valence-electron chi connectivity index (χ4n) is 3.29. The van der Waals surface area contributed by atoms with Gasteiger partial charge in [-0.05, 0) is 67.1 Å². The summed E-state index contributed by atoms with van der Waals surface area (Å²) in [6.45, 7) is 3.59. The number of cyclic esters (lactones) is 1. The Morgan fingerprint density at radius 1 is 1.00 bits per heavy atom. The van der Waals surface area contributed by atoms with Crippen LogP contribution < -0.4 is 14.8 Å². The molecule has 1 heterocycles. The van der Waals surface area contributed by atoms with Gasteiger partial charge in [0.15, 0.2) is 17.2 Å². The van der Waals surface area contributed by atoms with Crippen molar-refractivity contribution in [2.75, 3.05) is 11.9 Å². The van der Waals surface area contributed by atoms with E-state index in [1.165, 1.54) is 6.92 Å². The Morgan fingerprint density at radius 3 is 2.43 bits per heavy atom. The van der Waals surface area contributed by atoms with E-state index in [-0.39, 0.29) is 23.3 Å². The molecular weight excluding hydrogens is 448 g/mol. The molecule has 3 aromatic carbocycles. The first-order chi connectivity index (χ1) is 16.9. The molecule has 0 spiro atoms. The molecule has 3 aromatic rings. The van der Waals surface area contributed by atoms with Crippen molar-refractivity contribution in [2.45, 2.75) is 13.8 Å². The molecule has 0 atom stereocenters. The standard InChI is InChI=1S/C27H22N2O6/c1-3-33-24-16-18(9-14-23(24)34-26(31)20-7-5-4-6-8-20)15-22-27(32)35-25(29-22)19-10-12-21(13-11-19)28-17(2)30/h4-16H,3H2,1-2H3,(H,28,30)/b22-15-. The quantitative estimate of drug-likeness (QED) is 0.307.